The third-order valence-electron chi connectivity index (χ3n) is 4.28. The summed E-state index contributed by atoms with van der Waals surface area (Å²) in [7, 11) is 0. The highest BCUT2D eigenvalue weighted by Crippen LogP contribution is 2.16. The van der Waals surface area contributed by atoms with Crippen LogP contribution in [-0.4, -0.2) is 31.1 Å². The standard InChI is InChI=1S/C18H29N3O.2ClH/c1-14(15-8-5-4-6-9-15)21-18(2,3)13-20-17(22)16-10-7-11-19-12-16;;/h4-6,8-9,14,16,19,21H,7,10-13H2,1-3H3,(H,20,22);2*1H. The molecule has 1 aliphatic heterocycles. The lowest BCUT2D eigenvalue weighted by atomic mass is 9.97. The molecule has 0 bridgehead atoms. The molecule has 3 N–H and O–H groups in total. The highest BCUT2D eigenvalue weighted by atomic mass is 35.5. The number of carbonyl (C=O) groups excluding carboxylic acids is 1. The van der Waals surface area contributed by atoms with E-state index in [9.17, 15) is 4.79 Å². The number of halogens is 2. The number of hydrogen-bond acceptors (Lipinski definition) is 3. The Kier molecular flexibility index (Phi) is 10.6. The van der Waals surface area contributed by atoms with E-state index in [1.54, 1.807) is 0 Å². The van der Waals surface area contributed by atoms with Crippen LogP contribution in [0.2, 0.25) is 0 Å². The Morgan fingerprint density at radius 1 is 1.29 bits per heavy atom. The molecule has 2 rings (SSSR count). The van der Waals surface area contributed by atoms with Crippen LogP contribution in [0.15, 0.2) is 30.3 Å². The van der Waals surface area contributed by atoms with Gasteiger partial charge in [-0.05, 0) is 45.7 Å². The molecule has 6 heteroatoms. The summed E-state index contributed by atoms with van der Waals surface area (Å²) < 4.78 is 0. The smallest absolute Gasteiger partial charge is 0.224 e. The molecule has 1 heterocycles. The number of carbonyl (C=O) groups is 1. The van der Waals surface area contributed by atoms with Crippen molar-refractivity contribution in [2.75, 3.05) is 19.6 Å². The molecule has 2 atom stereocenters. The fourth-order valence-corrected chi connectivity index (χ4v) is 2.99. The molecule has 0 radical (unpaired) electrons. The van der Waals surface area contributed by atoms with Gasteiger partial charge in [-0.1, -0.05) is 30.3 Å². The van der Waals surface area contributed by atoms with Crippen molar-refractivity contribution in [3.8, 4) is 0 Å². The Morgan fingerprint density at radius 3 is 2.54 bits per heavy atom. The van der Waals surface area contributed by atoms with Crippen LogP contribution in [0.3, 0.4) is 0 Å². The largest absolute Gasteiger partial charge is 0.354 e. The fraction of sp³-hybridized carbons (Fsp3) is 0.611. The summed E-state index contributed by atoms with van der Waals surface area (Å²) in [6.07, 6.45) is 2.08. The van der Waals surface area contributed by atoms with Crippen LogP contribution in [0, 0.1) is 5.92 Å². The predicted molar refractivity (Wildman–Crippen MR) is 105 cm³/mol. The van der Waals surface area contributed by atoms with Crippen LogP contribution >= 0.6 is 24.8 Å². The number of nitrogens with one attached hydrogen (secondary N) is 3. The normalized spacial score (nSPS) is 18.7. The van der Waals surface area contributed by atoms with Gasteiger partial charge in [-0.25, -0.2) is 0 Å². The Balaban J connectivity index is 0.00000264. The first-order valence-electron chi connectivity index (χ1n) is 8.29. The van der Waals surface area contributed by atoms with Crippen LogP contribution in [0.25, 0.3) is 0 Å². The summed E-state index contributed by atoms with van der Waals surface area (Å²) in [4.78, 5) is 12.2. The van der Waals surface area contributed by atoms with Gasteiger partial charge in [0, 0.05) is 24.7 Å². The first kappa shape index (κ1) is 23.2. The molecule has 1 saturated heterocycles. The summed E-state index contributed by atoms with van der Waals surface area (Å²) in [6, 6.07) is 10.6. The number of benzene rings is 1. The van der Waals surface area contributed by atoms with Crippen molar-refractivity contribution in [1.82, 2.24) is 16.0 Å². The minimum Gasteiger partial charge on any atom is -0.354 e. The van der Waals surface area contributed by atoms with E-state index in [4.69, 9.17) is 0 Å². The van der Waals surface area contributed by atoms with Crippen molar-refractivity contribution in [3.05, 3.63) is 35.9 Å². The zero-order valence-electron chi connectivity index (χ0n) is 14.8. The molecule has 0 saturated carbocycles. The molecule has 0 aliphatic carbocycles. The number of hydrogen-bond donors (Lipinski definition) is 3. The topological polar surface area (TPSA) is 53.2 Å². The van der Waals surface area contributed by atoms with Gasteiger partial charge in [-0.15, -0.1) is 24.8 Å². The van der Waals surface area contributed by atoms with Gasteiger partial charge in [0.2, 0.25) is 5.91 Å². The van der Waals surface area contributed by atoms with E-state index in [-0.39, 0.29) is 48.2 Å². The number of rotatable bonds is 6. The Bertz CT molecular complexity index is 476. The monoisotopic (exact) mass is 375 g/mol. The van der Waals surface area contributed by atoms with Crippen molar-refractivity contribution < 1.29 is 4.79 Å². The molecule has 1 aliphatic rings. The van der Waals surface area contributed by atoms with Crippen molar-refractivity contribution >= 4 is 30.7 Å². The van der Waals surface area contributed by atoms with E-state index in [0.29, 0.717) is 6.54 Å². The van der Waals surface area contributed by atoms with Crippen LogP contribution in [0.1, 0.15) is 45.2 Å². The molecular formula is C18H31Cl2N3O. The second-order valence-corrected chi connectivity index (χ2v) is 6.92. The van der Waals surface area contributed by atoms with Gasteiger partial charge in [-0.3, -0.25) is 4.79 Å². The van der Waals surface area contributed by atoms with Gasteiger partial charge in [0.15, 0.2) is 0 Å². The van der Waals surface area contributed by atoms with E-state index in [2.05, 4.69) is 61.0 Å². The lowest BCUT2D eigenvalue weighted by molar-refractivity contribution is -0.125. The zero-order chi connectivity index (χ0) is 16.0. The van der Waals surface area contributed by atoms with Crippen LogP contribution in [0.5, 0.6) is 0 Å². The van der Waals surface area contributed by atoms with Gasteiger partial charge in [0.05, 0.1) is 5.92 Å². The lowest BCUT2D eigenvalue weighted by Gasteiger charge is -2.32. The van der Waals surface area contributed by atoms with E-state index in [1.807, 2.05) is 6.07 Å². The molecule has 1 fully saturated rings. The predicted octanol–water partition coefficient (Wildman–Crippen LogP) is 3.08. The summed E-state index contributed by atoms with van der Waals surface area (Å²) in [5.41, 5.74) is 1.12. The molecule has 2 unspecified atom stereocenters. The van der Waals surface area contributed by atoms with Crippen LogP contribution in [0.4, 0.5) is 0 Å². The molecule has 0 aromatic heterocycles. The first-order valence-corrected chi connectivity index (χ1v) is 8.29. The number of amides is 1. The summed E-state index contributed by atoms with van der Waals surface area (Å²) in [5, 5.41) is 10.00. The van der Waals surface area contributed by atoms with E-state index < -0.39 is 0 Å². The third-order valence-corrected chi connectivity index (χ3v) is 4.28. The van der Waals surface area contributed by atoms with Gasteiger partial charge in [-0.2, -0.15) is 0 Å². The molecular weight excluding hydrogens is 345 g/mol. The Hall–Kier alpha value is -0.810. The van der Waals surface area contributed by atoms with Crippen LogP contribution < -0.4 is 16.0 Å². The molecule has 0 spiro atoms. The quantitative estimate of drug-likeness (QED) is 0.715. The maximum atomic E-state index is 12.2. The number of piperidine rings is 1. The molecule has 1 aromatic rings. The Morgan fingerprint density at radius 2 is 1.96 bits per heavy atom. The minimum absolute atomic E-state index is 0. The van der Waals surface area contributed by atoms with Gasteiger partial charge >= 0.3 is 0 Å². The lowest BCUT2D eigenvalue weighted by Crippen LogP contribution is -2.51. The highest BCUT2D eigenvalue weighted by Gasteiger charge is 2.25. The Labute approximate surface area is 158 Å². The second kappa shape index (κ2) is 10.9. The third kappa shape index (κ3) is 7.39. The minimum atomic E-state index is -0.146. The van der Waals surface area contributed by atoms with E-state index in [1.165, 1.54) is 5.56 Å². The molecule has 1 aromatic carbocycles. The molecule has 1 amide bonds. The van der Waals surface area contributed by atoms with Crippen molar-refractivity contribution in [2.24, 2.45) is 5.92 Å². The average molecular weight is 376 g/mol. The molecule has 24 heavy (non-hydrogen) atoms. The van der Waals surface area contributed by atoms with Crippen molar-refractivity contribution in [1.29, 1.82) is 0 Å². The van der Waals surface area contributed by atoms with E-state index >= 15 is 0 Å². The molecule has 4 nitrogen and oxygen atoms in total. The SMILES string of the molecule is CC(NC(C)(C)CNC(=O)C1CCCNC1)c1ccccc1.Cl.Cl. The van der Waals surface area contributed by atoms with Gasteiger partial charge < -0.3 is 16.0 Å². The van der Waals surface area contributed by atoms with E-state index in [0.717, 1.165) is 25.9 Å². The van der Waals surface area contributed by atoms with Gasteiger partial charge in [0.1, 0.15) is 0 Å². The van der Waals surface area contributed by atoms with Crippen molar-refractivity contribution in [3.63, 3.8) is 0 Å². The summed E-state index contributed by atoms with van der Waals surface area (Å²) >= 11 is 0. The van der Waals surface area contributed by atoms with Gasteiger partial charge in [0.25, 0.3) is 0 Å². The maximum Gasteiger partial charge on any atom is 0.224 e. The molecule has 138 valence electrons. The van der Waals surface area contributed by atoms with Crippen molar-refractivity contribution in [2.45, 2.75) is 45.2 Å². The first-order chi connectivity index (χ1) is 10.5. The second-order valence-electron chi connectivity index (χ2n) is 6.92. The zero-order valence-corrected chi connectivity index (χ0v) is 16.4. The summed E-state index contributed by atoms with van der Waals surface area (Å²) in [6.45, 7) is 8.90. The summed E-state index contributed by atoms with van der Waals surface area (Å²) in [5.74, 6) is 0.297. The maximum absolute atomic E-state index is 12.2. The fourth-order valence-electron chi connectivity index (χ4n) is 2.99. The highest BCUT2D eigenvalue weighted by molar-refractivity contribution is 5.85. The average Bonchev–Trinajstić information content (AvgIpc) is 2.54. The van der Waals surface area contributed by atoms with Crippen LogP contribution in [-0.2, 0) is 4.79 Å².